The first-order valence-corrected chi connectivity index (χ1v) is 6.30. The van der Waals surface area contributed by atoms with Crippen LogP contribution in [0.3, 0.4) is 0 Å². The number of halogens is 2. The van der Waals surface area contributed by atoms with Gasteiger partial charge in [-0.15, -0.1) is 0 Å². The van der Waals surface area contributed by atoms with E-state index in [-0.39, 0.29) is 5.91 Å². The number of hydrogen-bond donors (Lipinski definition) is 1. The van der Waals surface area contributed by atoms with Crippen LogP contribution in [-0.2, 0) is 4.79 Å². The van der Waals surface area contributed by atoms with E-state index < -0.39 is 5.41 Å². The summed E-state index contributed by atoms with van der Waals surface area (Å²) in [6.07, 6.45) is 1.67. The molecule has 0 bridgehead atoms. The molecule has 0 aliphatic carbocycles. The summed E-state index contributed by atoms with van der Waals surface area (Å²) in [5, 5.41) is 2.80. The van der Waals surface area contributed by atoms with Gasteiger partial charge in [0, 0.05) is 16.1 Å². The van der Waals surface area contributed by atoms with Gasteiger partial charge in [0.25, 0.3) is 0 Å². The summed E-state index contributed by atoms with van der Waals surface area (Å²) in [6, 6.07) is 1.91. The quantitative estimate of drug-likeness (QED) is 0.756. The Morgan fingerprint density at radius 3 is 2.60 bits per heavy atom. The molecule has 1 aromatic rings. The van der Waals surface area contributed by atoms with Gasteiger partial charge in [0.05, 0.1) is 3.57 Å². The molecule has 0 saturated carbocycles. The summed E-state index contributed by atoms with van der Waals surface area (Å²) in [6.45, 7) is 5.61. The van der Waals surface area contributed by atoms with Crippen LogP contribution in [0.5, 0.6) is 0 Å². The molecule has 1 heterocycles. The molecule has 0 aromatic carbocycles. The molecule has 1 rings (SSSR count). The van der Waals surface area contributed by atoms with E-state index in [2.05, 4.69) is 48.8 Å². The first kappa shape index (κ1) is 12.9. The zero-order chi connectivity index (χ0) is 11.6. The highest BCUT2D eigenvalue weighted by atomic mass is 127. The molecule has 0 radical (unpaired) electrons. The molecule has 5 heteroatoms. The van der Waals surface area contributed by atoms with Crippen molar-refractivity contribution in [3.05, 3.63) is 20.3 Å². The molecule has 0 aliphatic heterocycles. The molecular weight excluding hydrogens is 371 g/mol. The smallest absolute Gasteiger partial charge is 0.230 e. The lowest BCUT2D eigenvalue weighted by atomic mass is 9.96. The lowest BCUT2D eigenvalue weighted by molar-refractivity contribution is -0.123. The van der Waals surface area contributed by atoms with Crippen molar-refractivity contribution in [1.82, 2.24) is 4.98 Å². The van der Waals surface area contributed by atoms with Crippen molar-refractivity contribution in [1.29, 1.82) is 0 Å². The van der Waals surface area contributed by atoms with Gasteiger partial charge in [-0.2, -0.15) is 0 Å². The number of nitrogens with zero attached hydrogens (tertiary/aromatic N) is 1. The van der Waals surface area contributed by atoms with Crippen molar-refractivity contribution in [2.24, 2.45) is 5.41 Å². The topological polar surface area (TPSA) is 42.0 Å². The van der Waals surface area contributed by atoms with E-state index in [0.717, 1.165) is 8.04 Å². The SMILES string of the molecule is CC(C)(C)C(=O)Nc1ncc(Br)cc1I. The maximum Gasteiger partial charge on any atom is 0.230 e. The molecule has 0 spiro atoms. The Kier molecular flexibility index (Phi) is 4.11. The average Bonchev–Trinajstić information content (AvgIpc) is 2.08. The monoisotopic (exact) mass is 382 g/mol. The van der Waals surface area contributed by atoms with Crippen LogP contribution in [0.15, 0.2) is 16.7 Å². The zero-order valence-electron chi connectivity index (χ0n) is 8.77. The molecule has 1 N–H and O–H groups in total. The number of pyridine rings is 1. The highest BCUT2D eigenvalue weighted by Crippen LogP contribution is 2.22. The van der Waals surface area contributed by atoms with Gasteiger partial charge in [0.1, 0.15) is 5.82 Å². The van der Waals surface area contributed by atoms with Crippen molar-refractivity contribution in [2.45, 2.75) is 20.8 Å². The van der Waals surface area contributed by atoms with E-state index in [1.165, 1.54) is 0 Å². The summed E-state index contributed by atoms with van der Waals surface area (Å²) in [7, 11) is 0. The second-order valence-corrected chi connectivity index (χ2v) is 6.27. The number of hydrogen-bond acceptors (Lipinski definition) is 2. The normalized spacial score (nSPS) is 11.3. The van der Waals surface area contributed by atoms with Crippen LogP contribution in [0.25, 0.3) is 0 Å². The summed E-state index contributed by atoms with van der Waals surface area (Å²) in [5.74, 6) is 0.578. The van der Waals surface area contributed by atoms with E-state index in [0.29, 0.717) is 5.82 Å². The fourth-order valence-electron chi connectivity index (χ4n) is 0.802. The number of aromatic nitrogens is 1. The molecule has 82 valence electrons. The lowest BCUT2D eigenvalue weighted by Gasteiger charge is -2.17. The van der Waals surface area contributed by atoms with Crippen molar-refractivity contribution in [3.8, 4) is 0 Å². The average molecular weight is 383 g/mol. The van der Waals surface area contributed by atoms with E-state index in [4.69, 9.17) is 0 Å². The third-order valence-corrected chi connectivity index (χ3v) is 2.98. The summed E-state index contributed by atoms with van der Waals surface area (Å²) in [4.78, 5) is 15.8. The minimum Gasteiger partial charge on any atom is -0.309 e. The summed E-state index contributed by atoms with van der Waals surface area (Å²) < 4.78 is 1.82. The fraction of sp³-hybridized carbons (Fsp3) is 0.400. The molecule has 0 atom stereocenters. The van der Waals surface area contributed by atoms with Crippen LogP contribution in [0, 0.1) is 8.99 Å². The minimum atomic E-state index is -0.405. The molecule has 0 fully saturated rings. The number of rotatable bonds is 1. The van der Waals surface area contributed by atoms with Crippen LogP contribution in [0.2, 0.25) is 0 Å². The Labute approximate surface area is 111 Å². The van der Waals surface area contributed by atoms with Gasteiger partial charge in [-0.25, -0.2) is 4.98 Å². The highest BCUT2D eigenvalue weighted by molar-refractivity contribution is 14.1. The molecule has 0 unspecified atom stereocenters. The van der Waals surface area contributed by atoms with E-state index in [9.17, 15) is 4.79 Å². The van der Waals surface area contributed by atoms with Crippen molar-refractivity contribution in [2.75, 3.05) is 5.32 Å². The zero-order valence-corrected chi connectivity index (χ0v) is 12.5. The Morgan fingerprint density at radius 1 is 1.53 bits per heavy atom. The van der Waals surface area contributed by atoms with Crippen molar-refractivity contribution < 1.29 is 4.79 Å². The molecule has 0 aliphatic rings. The third-order valence-electron chi connectivity index (χ3n) is 1.72. The second kappa shape index (κ2) is 4.78. The number of amides is 1. The number of carbonyl (C=O) groups excluding carboxylic acids is 1. The number of nitrogens with one attached hydrogen (secondary N) is 1. The molecule has 1 amide bonds. The van der Waals surface area contributed by atoms with E-state index >= 15 is 0 Å². The molecular formula is C10H12BrIN2O. The van der Waals surface area contributed by atoms with Crippen LogP contribution in [-0.4, -0.2) is 10.9 Å². The van der Waals surface area contributed by atoms with Gasteiger partial charge in [0.15, 0.2) is 0 Å². The van der Waals surface area contributed by atoms with Crippen LogP contribution < -0.4 is 5.32 Å². The van der Waals surface area contributed by atoms with Gasteiger partial charge in [-0.05, 0) is 44.6 Å². The van der Waals surface area contributed by atoms with Gasteiger partial charge < -0.3 is 5.32 Å². The van der Waals surface area contributed by atoms with Crippen molar-refractivity contribution in [3.63, 3.8) is 0 Å². The highest BCUT2D eigenvalue weighted by Gasteiger charge is 2.22. The minimum absolute atomic E-state index is 0.0322. The maximum atomic E-state index is 11.7. The first-order chi connectivity index (χ1) is 6.80. The van der Waals surface area contributed by atoms with E-state index in [1.54, 1.807) is 6.20 Å². The molecule has 3 nitrogen and oxygen atoms in total. The third kappa shape index (κ3) is 3.71. The second-order valence-electron chi connectivity index (χ2n) is 4.19. The number of anilines is 1. The standard InChI is InChI=1S/C10H12BrIN2O/c1-10(2,3)9(15)14-8-7(12)4-6(11)5-13-8/h4-5H,1-3H3,(H,13,14,15). The Balaban J connectivity index is 2.87. The van der Waals surface area contributed by atoms with Gasteiger partial charge in [0.2, 0.25) is 5.91 Å². The molecule has 15 heavy (non-hydrogen) atoms. The lowest BCUT2D eigenvalue weighted by Crippen LogP contribution is -2.28. The van der Waals surface area contributed by atoms with Crippen LogP contribution in [0.1, 0.15) is 20.8 Å². The predicted molar refractivity (Wildman–Crippen MR) is 72.7 cm³/mol. The first-order valence-electron chi connectivity index (χ1n) is 4.43. The van der Waals surface area contributed by atoms with E-state index in [1.807, 2.05) is 26.8 Å². The van der Waals surface area contributed by atoms with Crippen LogP contribution >= 0.6 is 38.5 Å². The maximum absolute atomic E-state index is 11.7. The number of carbonyl (C=O) groups is 1. The van der Waals surface area contributed by atoms with Gasteiger partial charge >= 0.3 is 0 Å². The van der Waals surface area contributed by atoms with Gasteiger partial charge in [-0.1, -0.05) is 20.8 Å². The molecule has 0 saturated heterocycles. The van der Waals surface area contributed by atoms with Crippen molar-refractivity contribution >= 4 is 50.2 Å². The summed E-state index contributed by atoms with van der Waals surface area (Å²) >= 11 is 5.46. The Morgan fingerprint density at radius 2 is 2.13 bits per heavy atom. The molecule has 1 aromatic heterocycles. The predicted octanol–water partition coefficient (Wildman–Crippen LogP) is 3.43. The Bertz CT molecular complexity index is 387. The Hall–Kier alpha value is -0.170. The summed E-state index contributed by atoms with van der Waals surface area (Å²) in [5.41, 5.74) is -0.405. The fourth-order valence-corrected chi connectivity index (χ4v) is 2.17. The van der Waals surface area contributed by atoms with Crippen LogP contribution in [0.4, 0.5) is 5.82 Å². The largest absolute Gasteiger partial charge is 0.309 e. The van der Waals surface area contributed by atoms with Gasteiger partial charge in [-0.3, -0.25) is 4.79 Å².